The van der Waals surface area contributed by atoms with Crippen LogP contribution in [0.2, 0.25) is 0 Å². The number of fused-ring (bicyclic) bond motifs is 1. The van der Waals surface area contributed by atoms with E-state index in [4.69, 9.17) is 11.0 Å². The highest BCUT2D eigenvalue weighted by molar-refractivity contribution is 5.42. The van der Waals surface area contributed by atoms with Crippen LogP contribution in [0.3, 0.4) is 0 Å². The molecule has 2 N–H and O–H groups in total. The van der Waals surface area contributed by atoms with E-state index in [0.29, 0.717) is 5.92 Å². The topological polar surface area (TPSA) is 49.8 Å². The van der Waals surface area contributed by atoms with Crippen molar-refractivity contribution in [3.63, 3.8) is 0 Å². The summed E-state index contributed by atoms with van der Waals surface area (Å²) in [5.74, 6) is 0.524. The van der Waals surface area contributed by atoms with Crippen LogP contribution in [0.4, 0.5) is 0 Å². The number of hydrogen-bond acceptors (Lipinski definition) is 2. The van der Waals surface area contributed by atoms with Gasteiger partial charge in [-0.15, -0.1) is 0 Å². The molecule has 2 heteroatoms. The fourth-order valence-electron chi connectivity index (χ4n) is 2.18. The molecule has 1 aromatic rings. The first-order valence-electron chi connectivity index (χ1n) is 4.97. The van der Waals surface area contributed by atoms with Gasteiger partial charge in [-0.05, 0) is 29.9 Å². The van der Waals surface area contributed by atoms with Crippen molar-refractivity contribution in [1.29, 1.82) is 5.26 Å². The third kappa shape index (κ3) is 1.21. The highest BCUT2D eigenvalue weighted by atomic mass is 14.8. The van der Waals surface area contributed by atoms with Crippen molar-refractivity contribution in [3.05, 3.63) is 35.4 Å². The highest BCUT2D eigenvalue weighted by Gasteiger charge is 2.34. The maximum Gasteiger partial charge on any atom is 0.130 e. The Bertz CT molecular complexity index is 392. The lowest BCUT2D eigenvalue weighted by atomic mass is 9.74. The molecule has 0 saturated carbocycles. The van der Waals surface area contributed by atoms with E-state index in [1.807, 2.05) is 18.2 Å². The van der Waals surface area contributed by atoms with Crippen molar-refractivity contribution in [3.8, 4) is 6.07 Å². The Labute approximate surface area is 84.3 Å². The van der Waals surface area contributed by atoms with E-state index < -0.39 is 5.54 Å². The average Bonchev–Trinajstić information content (AvgIpc) is 2.24. The van der Waals surface area contributed by atoms with Gasteiger partial charge in [0.25, 0.3) is 0 Å². The Morgan fingerprint density at radius 3 is 2.93 bits per heavy atom. The summed E-state index contributed by atoms with van der Waals surface area (Å²) in [6, 6.07) is 10.3. The smallest absolute Gasteiger partial charge is 0.130 e. The van der Waals surface area contributed by atoms with Crippen LogP contribution in [0.5, 0.6) is 0 Å². The van der Waals surface area contributed by atoms with Crippen molar-refractivity contribution in [1.82, 2.24) is 0 Å². The van der Waals surface area contributed by atoms with E-state index in [0.717, 1.165) is 18.4 Å². The Balaban J connectivity index is 2.59. The largest absolute Gasteiger partial charge is 0.310 e. The molecule has 2 unspecified atom stereocenters. The number of nitrogens with two attached hydrogens (primary N) is 1. The fourth-order valence-corrected chi connectivity index (χ4v) is 2.18. The minimum absolute atomic E-state index is 0.524. The minimum Gasteiger partial charge on any atom is -0.310 e. The maximum atomic E-state index is 9.11. The van der Waals surface area contributed by atoms with Crippen LogP contribution in [-0.4, -0.2) is 0 Å². The van der Waals surface area contributed by atoms with Crippen LogP contribution < -0.4 is 5.73 Å². The summed E-state index contributed by atoms with van der Waals surface area (Å²) < 4.78 is 0. The Kier molecular flexibility index (Phi) is 2.05. The van der Waals surface area contributed by atoms with Gasteiger partial charge in [-0.1, -0.05) is 31.2 Å². The lowest BCUT2D eigenvalue weighted by Gasteiger charge is -2.33. The first kappa shape index (κ1) is 9.23. The zero-order valence-corrected chi connectivity index (χ0v) is 8.33. The predicted octanol–water partition coefficient (Wildman–Crippen LogP) is 2.26. The number of benzene rings is 1. The van der Waals surface area contributed by atoms with Crippen LogP contribution in [0.25, 0.3) is 0 Å². The summed E-state index contributed by atoms with van der Waals surface area (Å²) in [7, 11) is 0. The lowest BCUT2D eigenvalue weighted by Crippen LogP contribution is -2.39. The molecule has 2 nitrogen and oxygen atoms in total. The van der Waals surface area contributed by atoms with E-state index in [1.54, 1.807) is 0 Å². The second-order valence-electron chi connectivity index (χ2n) is 4.11. The first-order chi connectivity index (χ1) is 6.67. The van der Waals surface area contributed by atoms with Crippen LogP contribution in [0.1, 0.15) is 36.8 Å². The fraction of sp³-hybridized carbons (Fsp3) is 0.417. The van der Waals surface area contributed by atoms with E-state index in [2.05, 4.69) is 19.1 Å². The van der Waals surface area contributed by atoms with Gasteiger partial charge < -0.3 is 5.73 Å². The van der Waals surface area contributed by atoms with Crippen molar-refractivity contribution < 1.29 is 0 Å². The molecule has 1 aromatic carbocycles. The van der Waals surface area contributed by atoms with Crippen molar-refractivity contribution in [2.75, 3.05) is 0 Å². The molecule has 1 aliphatic rings. The summed E-state index contributed by atoms with van der Waals surface area (Å²) in [4.78, 5) is 0. The van der Waals surface area contributed by atoms with Crippen LogP contribution >= 0.6 is 0 Å². The quantitative estimate of drug-likeness (QED) is 0.675. The molecule has 2 rings (SSSR count). The van der Waals surface area contributed by atoms with Gasteiger partial charge in [0, 0.05) is 0 Å². The summed E-state index contributed by atoms with van der Waals surface area (Å²) in [5, 5.41) is 9.11. The molecule has 0 spiro atoms. The zero-order valence-electron chi connectivity index (χ0n) is 8.33. The second-order valence-corrected chi connectivity index (χ2v) is 4.11. The number of hydrogen-bond donors (Lipinski definition) is 1. The summed E-state index contributed by atoms with van der Waals surface area (Å²) in [6.07, 6.45) is 1.77. The SMILES string of the molecule is CC1CCC(N)(C#N)c2ccccc21. The average molecular weight is 186 g/mol. The zero-order chi connectivity index (χ0) is 10.2. The van der Waals surface area contributed by atoms with Crippen LogP contribution in [0.15, 0.2) is 24.3 Å². The standard InChI is InChI=1S/C12H14N2/c1-9-6-7-12(14,8-13)11-5-3-2-4-10(9)11/h2-5,9H,6-7,14H2,1H3. The molecule has 2 atom stereocenters. The Hall–Kier alpha value is -1.33. The molecule has 1 aliphatic carbocycles. The molecule has 0 heterocycles. The van der Waals surface area contributed by atoms with Gasteiger partial charge >= 0.3 is 0 Å². The molecule has 0 bridgehead atoms. The van der Waals surface area contributed by atoms with Crippen LogP contribution in [-0.2, 0) is 5.54 Å². The molecule has 0 radical (unpaired) electrons. The maximum absolute atomic E-state index is 9.11. The molecule has 0 aliphatic heterocycles. The first-order valence-corrected chi connectivity index (χ1v) is 4.97. The van der Waals surface area contributed by atoms with Crippen LogP contribution in [0, 0.1) is 11.3 Å². The van der Waals surface area contributed by atoms with E-state index >= 15 is 0 Å². The number of nitriles is 1. The van der Waals surface area contributed by atoms with Crippen molar-refractivity contribution >= 4 is 0 Å². The molecule has 0 aromatic heterocycles. The minimum atomic E-state index is -0.761. The molecule has 0 amide bonds. The number of nitrogens with zero attached hydrogens (tertiary/aromatic N) is 1. The van der Waals surface area contributed by atoms with Crippen molar-refractivity contribution in [2.45, 2.75) is 31.2 Å². The van der Waals surface area contributed by atoms with Gasteiger partial charge in [-0.2, -0.15) is 5.26 Å². The highest BCUT2D eigenvalue weighted by Crippen LogP contribution is 2.39. The van der Waals surface area contributed by atoms with Gasteiger partial charge in [0.05, 0.1) is 6.07 Å². The van der Waals surface area contributed by atoms with E-state index in [-0.39, 0.29) is 0 Å². The lowest BCUT2D eigenvalue weighted by molar-refractivity contribution is 0.434. The number of rotatable bonds is 0. The summed E-state index contributed by atoms with van der Waals surface area (Å²) in [6.45, 7) is 2.19. The molecular formula is C12H14N2. The van der Waals surface area contributed by atoms with Gasteiger partial charge in [0.15, 0.2) is 0 Å². The molecular weight excluding hydrogens is 172 g/mol. The predicted molar refractivity (Wildman–Crippen MR) is 55.6 cm³/mol. The Morgan fingerprint density at radius 1 is 1.50 bits per heavy atom. The van der Waals surface area contributed by atoms with Crippen molar-refractivity contribution in [2.24, 2.45) is 5.73 Å². The third-order valence-corrected chi connectivity index (χ3v) is 3.14. The molecule has 0 saturated heterocycles. The van der Waals surface area contributed by atoms with E-state index in [9.17, 15) is 0 Å². The summed E-state index contributed by atoms with van der Waals surface area (Å²) in [5.41, 5.74) is 7.56. The van der Waals surface area contributed by atoms with Gasteiger partial charge in [-0.3, -0.25) is 0 Å². The third-order valence-electron chi connectivity index (χ3n) is 3.14. The monoisotopic (exact) mass is 186 g/mol. The van der Waals surface area contributed by atoms with Gasteiger partial charge in [0.1, 0.15) is 5.54 Å². The van der Waals surface area contributed by atoms with E-state index in [1.165, 1.54) is 5.56 Å². The molecule has 14 heavy (non-hydrogen) atoms. The molecule has 0 fully saturated rings. The molecule has 72 valence electrons. The summed E-state index contributed by atoms with van der Waals surface area (Å²) >= 11 is 0. The van der Waals surface area contributed by atoms with Gasteiger partial charge in [-0.25, -0.2) is 0 Å². The normalized spacial score (nSPS) is 30.5. The Morgan fingerprint density at radius 2 is 2.21 bits per heavy atom. The second kappa shape index (κ2) is 3.11. The van der Waals surface area contributed by atoms with Gasteiger partial charge in [0.2, 0.25) is 0 Å².